The Morgan fingerprint density at radius 1 is 1.16 bits per heavy atom. The van der Waals surface area contributed by atoms with E-state index in [2.05, 4.69) is 32.1 Å². The Hall–Kier alpha value is -3.47. The Labute approximate surface area is 144 Å². The van der Waals surface area contributed by atoms with Crippen LogP contribution in [0.1, 0.15) is 36.7 Å². The number of rotatable bonds is 2. The van der Waals surface area contributed by atoms with Gasteiger partial charge in [-0.3, -0.25) is 15.1 Å². The number of nitrogens with one attached hydrogen (secondary N) is 1. The summed E-state index contributed by atoms with van der Waals surface area (Å²) < 4.78 is 5.16. The SMILES string of the molecule is CC(C)(C)OC(=O)Nc1cncc(C#CC(=O)c2cnc(N)nc2)c1. The molecule has 2 heterocycles. The van der Waals surface area contributed by atoms with Crippen LogP contribution in [0, 0.1) is 11.8 Å². The number of ketones is 1. The molecule has 0 fully saturated rings. The maximum atomic E-state index is 11.9. The highest BCUT2D eigenvalue weighted by molar-refractivity contribution is 6.09. The van der Waals surface area contributed by atoms with Crippen LogP contribution in [0.5, 0.6) is 0 Å². The molecule has 2 aromatic heterocycles. The minimum atomic E-state index is -0.609. The van der Waals surface area contributed by atoms with Gasteiger partial charge >= 0.3 is 6.09 Å². The Kier molecular flexibility index (Phi) is 5.29. The van der Waals surface area contributed by atoms with Crippen LogP contribution >= 0.6 is 0 Å². The molecule has 0 saturated carbocycles. The van der Waals surface area contributed by atoms with Crippen molar-refractivity contribution in [2.45, 2.75) is 26.4 Å². The number of carbonyl (C=O) groups excluding carboxylic acids is 2. The molecule has 0 aliphatic carbocycles. The van der Waals surface area contributed by atoms with Gasteiger partial charge in [0.2, 0.25) is 11.7 Å². The Morgan fingerprint density at radius 3 is 2.48 bits per heavy atom. The number of hydrogen-bond acceptors (Lipinski definition) is 7. The molecule has 8 heteroatoms. The van der Waals surface area contributed by atoms with Gasteiger partial charge in [0.1, 0.15) is 5.60 Å². The summed E-state index contributed by atoms with van der Waals surface area (Å²) in [5.74, 6) is 4.76. The van der Waals surface area contributed by atoms with E-state index in [0.29, 0.717) is 11.3 Å². The first-order valence-corrected chi connectivity index (χ1v) is 7.32. The first-order valence-electron chi connectivity index (χ1n) is 7.32. The molecule has 1 amide bonds. The zero-order valence-corrected chi connectivity index (χ0v) is 14.0. The molecule has 0 saturated heterocycles. The van der Waals surface area contributed by atoms with Gasteiger partial charge in [0, 0.05) is 24.2 Å². The third kappa shape index (κ3) is 5.91. The van der Waals surface area contributed by atoms with Crippen LogP contribution in [-0.4, -0.2) is 32.4 Å². The maximum absolute atomic E-state index is 11.9. The van der Waals surface area contributed by atoms with Crippen molar-refractivity contribution in [2.24, 2.45) is 0 Å². The number of pyridine rings is 1. The summed E-state index contributed by atoms with van der Waals surface area (Å²) >= 11 is 0. The summed E-state index contributed by atoms with van der Waals surface area (Å²) in [5, 5.41) is 2.55. The summed E-state index contributed by atoms with van der Waals surface area (Å²) in [6.45, 7) is 5.29. The van der Waals surface area contributed by atoms with Gasteiger partial charge in [-0.15, -0.1) is 0 Å². The molecule has 0 unspecified atom stereocenters. The molecule has 0 radical (unpaired) electrons. The Bertz CT molecular complexity index is 845. The molecule has 0 spiro atoms. The lowest BCUT2D eigenvalue weighted by Gasteiger charge is -2.19. The fourth-order valence-corrected chi connectivity index (χ4v) is 1.65. The highest BCUT2D eigenvalue weighted by Crippen LogP contribution is 2.12. The number of ether oxygens (including phenoxy) is 1. The molecule has 0 bridgehead atoms. The van der Waals surface area contributed by atoms with Crippen LogP contribution in [-0.2, 0) is 4.74 Å². The highest BCUT2D eigenvalue weighted by atomic mass is 16.6. The van der Waals surface area contributed by atoms with Gasteiger partial charge in [0.25, 0.3) is 0 Å². The standard InChI is InChI=1S/C17H17N5O3/c1-17(2,3)25-16(24)22-13-6-11(7-19-10-13)4-5-14(23)12-8-20-15(18)21-9-12/h6-10H,1-3H3,(H,22,24)(H2,18,20,21). The normalized spacial score (nSPS) is 10.4. The molecular weight excluding hydrogens is 322 g/mol. The number of amides is 1. The number of nitrogens with two attached hydrogens (primary N) is 1. The second kappa shape index (κ2) is 7.40. The van der Waals surface area contributed by atoms with Crippen molar-refractivity contribution in [3.63, 3.8) is 0 Å². The molecule has 2 rings (SSSR count). The van der Waals surface area contributed by atoms with Crippen LogP contribution in [0.15, 0.2) is 30.9 Å². The number of hydrogen-bond donors (Lipinski definition) is 2. The van der Waals surface area contributed by atoms with Gasteiger partial charge in [0.05, 0.1) is 17.4 Å². The lowest BCUT2D eigenvalue weighted by atomic mass is 10.2. The van der Waals surface area contributed by atoms with E-state index >= 15 is 0 Å². The maximum Gasteiger partial charge on any atom is 0.412 e. The number of anilines is 2. The third-order valence-corrected chi connectivity index (χ3v) is 2.64. The van der Waals surface area contributed by atoms with Crippen LogP contribution in [0.25, 0.3) is 0 Å². The molecule has 128 valence electrons. The summed E-state index contributed by atoms with van der Waals surface area (Å²) in [5.41, 5.74) is 5.85. The van der Waals surface area contributed by atoms with Crippen molar-refractivity contribution in [1.29, 1.82) is 0 Å². The van der Waals surface area contributed by atoms with Crippen LogP contribution < -0.4 is 11.1 Å². The molecule has 0 aromatic carbocycles. The van der Waals surface area contributed by atoms with Crippen molar-refractivity contribution in [1.82, 2.24) is 15.0 Å². The molecule has 8 nitrogen and oxygen atoms in total. The van der Waals surface area contributed by atoms with Crippen LogP contribution in [0.3, 0.4) is 0 Å². The Balaban J connectivity index is 2.08. The molecule has 0 aliphatic heterocycles. The first-order chi connectivity index (χ1) is 11.7. The van der Waals surface area contributed by atoms with E-state index in [1.165, 1.54) is 24.8 Å². The molecule has 2 aromatic rings. The van der Waals surface area contributed by atoms with Gasteiger partial charge in [-0.2, -0.15) is 0 Å². The van der Waals surface area contributed by atoms with Gasteiger partial charge in [-0.25, -0.2) is 14.8 Å². The minimum absolute atomic E-state index is 0.0784. The minimum Gasteiger partial charge on any atom is -0.444 e. The fourth-order valence-electron chi connectivity index (χ4n) is 1.65. The van der Waals surface area contributed by atoms with E-state index in [4.69, 9.17) is 10.5 Å². The smallest absolute Gasteiger partial charge is 0.412 e. The zero-order chi connectivity index (χ0) is 18.4. The largest absolute Gasteiger partial charge is 0.444 e. The van der Waals surface area contributed by atoms with E-state index in [9.17, 15) is 9.59 Å². The summed E-state index contributed by atoms with van der Waals surface area (Å²) in [7, 11) is 0. The number of nitrogens with zero attached hydrogens (tertiary/aromatic N) is 3. The Morgan fingerprint density at radius 2 is 1.84 bits per heavy atom. The van der Waals surface area contributed by atoms with Crippen LogP contribution in [0.2, 0.25) is 0 Å². The molecule has 0 aliphatic rings. The van der Waals surface area contributed by atoms with E-state index in [-0.39, 0.29) is 11.5 Å². The lowest BCUT2D eigenvalue weighted by Crippen LogP contribution is -2.27. The summed E-state index contributed by atoms with van der Waals surface area (Å²) in [6.07, 6.45) is 4.93. The van der Waals surface area contributed by atoms with E-state index in [1.807, 2.05) is 0 Å². The molecule has 25 heavy (non-hydrogen) atoms. The van der Waals surface area contributed by atoms with Gasteiger partial charge in [-0.05, 0) is 32.8 Å². The van der Waals surface area contributed by atoms with Gasteiger partial charge < -0.3 is 10.5 Å². The number of carbonyl (C=O) groups is 2. The third-order valence-electron chi connectivity index (χ3n) is 2.64. The number of nitrogen functional groups attached to an aromatic ring is 1. The second-order valence-corrected chi connectivity index (χ2v) is 6.00. The van der Waals surface area contributed by atoms with Crippen molar-refractivity contribution in [2.75, 3.05) is 11.1 Å². The predicted octanol–water partition coefficient (Wildman–Crippen LogP) is 2.04. The first kappa shape index (κ1) is 17.9. The average molecular weight is 339 g/mol. The van der Waals surface area contributed by atoms with E-state index in [0.717, 1.165) is 0 Å². The van der Waals surface area contributed by atoms with Crippen molar-refractivity contribution >= 4 is 23.5 Å². The zero-order valence-electron chi connectivity index (χ0n) is 14.0. The van der Waals surface area contributed by atoms with Crippen LogP contribution in [0.4, 0.5) is 16.4 Å². The quantitative estimate of drug-likeness (QED) is 0.634. The van der Waals surface area contributed by atoms with E-state index in [1.54, 1.807) is 26.8 Å². The lowest BCUT2D eigenvalue weighted by molar-refractivity contribution is 0.0635. The average Bonchev–Trinajstić information content (AvgIpc) is 2.52. The molecule has 0 atom stereocenters. The second-order valence-electron chi connectivity index (χ2n) is 6.00. The fraction of sp³-hybridized carbons (Fsp3) is 0.235. The van der Waals surface area contributed by atoms with E-state index < -0.39 is 17.5 Å². The predicted molar refractivity (Wildman–Crippen MR) is 91.7 cm³/mol. The number of aromatic nitrogens is 3. The molecule has 3 N–H and O–H groups in total. The summed E-state index contributed by atoms with van der Waals surface area (Å²) in [6, 6.07) is 1.58. The van der Waals surface area contributed by atoms with Crippen molar-refractivity contribution < 1.29 is 14.3 Å². The molecular formula is C17H17N5O3. The summed E-state index contributed by atoms with van der Waals surface area (Å²) in [4.78, 5) is 35.1. The van der Waals surface area contributed by atoms with Crippen molar-refractivity contribution in [3.05, 3.63) is 42.0 Å². The highest BCUT2D eigenvalue weighted by Gasteiger charge is 2.16. The monoisotopic (exact) mass is 339 g/mol. The number of Topliss-reactive ketones (excluding diaryl/α,β-unsaturated/α-hetero) is 1. The topological polar surface area (TPSA) is 120 Å². The van der Waals surface area contributed by atoms with Gasteiger partial charge in [-0.1, -0.05) is 5.92 Å². The van der Waals surface area contributed by atoms with Gasteiger partial charge in [0.15, 0.2) is 0 Å². The van der Waals surface area contributed by atoms with Crippen molar-refractivity contribution in [3.8, 4) is 11.8 Å².